The maximum absolute atomic E-state index is 11.8. The summed E-state index contributed by atoms with van der Waals surface area (Å²) in [4.78, 5) is 11.8. The van der Waals surface area contributed by atoms with Crippen molar-refractivity contribution in [2.75, 3.05) is 5.32 Å². The van der Waals surface area contributed by atoms with E-state index in [4.69, 9.17) is 0 Å². The molecule has 20 heavy (non-hydrogen) atoms. The molecule has 1 aliphatic rings. The fraction of sp³-hybridized carbons (Fsp3) is 0.375. The minimum absolute atomic E-state index is 0.0481. The Balaban J connectivity index is 1.92. The number of benzene rings is 1. The molecule has 0 atom stereocenters. The van der Waals surface area contributed by atoms with Crippen molar-refractivity contribution in [3.8, 4) is 5.69 Å². The summed E-state index contributed by atoms with van der Waals surface area (Å²) in [7, 11) is 0. The Labute approximate surface area is 118 Å². The van der Waals surface area contributed by atoms with Crippen LogP contribution in [0, 0.1) is 0 Å². The van der Waals surface area contributed by atoms with Crippen LogP contribution in [0.3, 0.4) is 0 Å². The summed E-state index contributed by atoms with van der Waals surface area (Å²) in [6.07, 6.45) is 3.79. The Morgan fingerprint density at radius 1 is 1.35 bits per heavy atom. The fourth-order valence-electron chi connectivity index (χ4n) is 2.27. The van der Waals surface area contributed by atoms with Gasteiger partial charge in [0.2, 0.25) is 5.91 Å². The van der Waals surface area contributed by atoms with E-state index in [2.05, 4.69) is 10.4 Å². The van der Waals surface area contributed by atoms with Crippen LogP contribution in [0.2, 0.25) is 0 Å². The van der Waals surface area contributed by atoms with Gasteiger partial charge in [0.15, 0.2) is 0 Å². The molecule has 0 radical (unpaired) electrons. The van der Waals surface area contributed by atoms with Gasteiger partial charge in [0.25, 0.3) is 0 Å². The monoisotopic (exact) mass is 269 g/mol. The Morgan fingerprint density at radius 3 is 2.75 bits per heavy atom. The molecule has 0 aliphatic heterocycles. The molecule has 1 fully saturated rings. The van der Waals surface area contributed by atoms with Gasteiger partial charge in [-0.3, -0.25) is 4.79 Å². The van der Waals surface area contributed by atoms with Gasteiger partial charge in [0, 0.05) is 18.4 Å². The Kier molecular flexibility index (Phi) is 3.54. The average molecular weight is 269 g/mol. The number of anilines is 1. The van der Waals surface area contributed by atoms with Crippen LogP contribution in [-0.4, -0.2) is 15.7 Å². The second-order valence-corrected chi connectivity index (χ2v) is 5.27. The van der Waals surface area contributed by atoms with Crippen molar-refractivity contribution in [2.24, 2.45) is 0 Å². The number of amides is 1. The molecular formula is C16H19N3O. The summed E-state index contributed by atoms with van der Waals surface area (Å²) in [5.41, 5.74) is 2.06. The Morgan fingerprint density at radius 2 is 2.10 bits per heavy atom. The molecule has 3 rings (SSSR count). The predicted molar refractivity (Wildman–Crippen MR) is 79.1 cm³/mol. The lowest BCUT2D eigenvalue weighted by Gasteiger charge is -2.08. The van der Waals surface area contributed by atoms with Gasteiger partial charge < -0.3 is 5.32 Å². The van der Waals surface area contributed by atoms with Gasteiger partial charge in [0.05, 0.1) is 11.4 Å². The van der Waals surface area contributed by atoms with Gasteiger partial charge in [-0.05, 0) is 31.4 Å². The molecule has 1 saturated carbocycles. The zero-order valence-electron chi connectivity index (χ0n) is 11.7. The molecule has 0 spiro atoms. The molecule has 2 aromatic rings. The number of nitrogens with one attached hydrogen (secondary N) is 1. The van der Waals surface area contributed by atoms with Crippen molar-refractivity contribution in [2.45, 2.75) is 38.5 Å². The maximum Gasteiger partial charge on any atom is 0.225 e. The van der Waals surface area contributed by atoms with E-state index in [0.29, 0.717) is 12.3 Å². The molecule has 1 amide bonds. The molecule has 4 heteroatoms. The molecule has 1 heterocycles. The highest BCUT2D eigenvalue weighted by atomic mass is 16.1. The summed E-state index contributed by atoms with van der Waals surface area (Å²) < 4.78 is 1.83. The molecule has 1 aromatic heterocycles. The molecule has 0 bridgehead atoms. The summed E-state index contributed by atoms with van der Waals surface area (Å²) in [6, 6.07) is 11.9. The van der Waals surface area contributed by atoms with Crippen molar-refractivity contribution in [1.29, 1.82) is 0 Å². The van der Waals surface area contributed by atoms with E-state index in [1.165, 1.54) is 12.8 Å². The molecule has 4 nitrogen and oxygen atoms in total. The fourth-order valence-corrected chi connectivity index (χ4v) is 2.27. The van der Waals surface area contributed by atoms with E-state index in [9.17, 15) is 4.79 Å². The number of hydrogen-bond acceptors (Lipinski definition) is 2. The van der Waals surface area contributed by atoms with Crippen LogP contribution in [0.25, 0.3) is 5.69 Å². The number of rotatable bonds is 5. The van der Waals surface area contributed by atoms with Crippen molar-refractivity contribution >= 4 is 11.7 Å². The molecule has 1 aromatic carbocycles. The van der Waals surface area contributed by atoms with E-state index >= 15 is 0 Å². The maximum atomic E-state index is 11.8. The number of carbonyl (C=O) groups is 1. The standard InChI is InChI=1S/C16H19N3O/c1-2-6-16(20)17-15-11-14(12-9-10-12)18-19(15)13-7-4-3-5-8-13/h3-5,7-8,11-12H,2,6,9-10H2,1H3,(H,17,20). The van der Waals surface area contributed by atoms with Crippen LogP contribution in [0.1, 0.15) is 44.2 Å². The average Bonchev–Trinajstić information content (AvgIpc) is 3.22. The number of nitrogens with zero attached hydrogens (tertiary/aromatic N) is 2. The van der Waals surface area contributed by atoms with E-state index in [0.717, 1.165) is 23.6 Å². The van der Waals surface area contributed by atoms with Gasteiger partial charge in [-0.25, -0.2) is 4.68 Å². The molecule has 1 aliphatic carbocycles. The molecular weight excluding hydrogens is 250 g/mol. The molecule has 0 saturated heterocycles. The summed E-state index contributed by atoms with van der Waals surface area (Å²) in [6.45, 7) is 2.00. The first-order valence-electron chi connectivity index (χ1n) is 7.23. The normalized spacial score (nSPS) is 14.2. The summed E-state index contributed by atoms with van der Waals surface area (Å²) in [5, 5.41) is 7.63. The third kappa shape index (κ3) is 2.74. The number of aromatic nitrogens is 2. The van der Waals surface area contributed by atoms with Gasteiger partial charge in [-0.15, -0.1) is 0 Å². The van der Waals surface area contributed by atoms with Crippen LogP contribution < -0.4 is 5.32 Å². The van der Waals surface area contributed by atoms with Crippen LogP contribution in [0.4, 0.5) is 5.82 Å². The third-order valence-electron chi connectivity index (χ3n) is 3.47. The zero-order chi connectivity index (χ0) is 13.9. The zero-order valence-corrected chi connectivity index (χ0v) is 11.7. The van der Waals surface area contributed by atoms with Crippen molar-refractivity contribution in [3.63, 3.8) is 0 Å². The lowest BCUT2D eigenvalue weighted by atomic mass is 10.3. The van der Waals surface area contributed by atoms with Crippen molar-refractivity contribution in [3.05, 3.63) is 42.1 Å². The van der Waals surface area contributed by atoms with Crippen LogP contribution in [-0.2, 0) is 4.79 Å². The molecule has 104 valence electrons. The second-order valence-electron chi connectivity index (χ2n) is 5.27. The summed E-state index contributed by atoms with van der Waals surface area (Å²) >= 11 is 0. The minimum atomic E-state index is 0.0481. The topological polar surface area (TPSA) is 46.9 Å². The Bertz CT molecular complexity index is 599. The number of hydrogen-bond donors (Lipinski definition) is 1. The molecule has 1 N–H and O–H groups in total. The van der Waals surface area contributed by atoms with Crippen LogP contribution in [0.5, 0.6) is 0 Å². The summed E-state index contributed by atoms with van der Waals surface area (Å²) in [5.74, 6) is 1.39. The van der Waals surface area contributed by atoms with Crippen LogP contribution in [0.15, 0.2) is 36.4 Å². The Hall–Kier alpha value is -2.10. The first-order valence-corrected chi connectivity index (χ1v) is 7.23. The quantitative estimate of drug-likeness (QED) is 0.903. The van der Waals surface area contributed by atoms with E-state index in [-0.39, 0.29) is 5.91 Å². The lowest BCUT2D eigenvalue weighted by Crippen LogP contribution is -2.14. The highest BCUT2D eigenvalue weighted by molar-refractivity contribution is 5.90. The predicted octanol–water partition coefficient (Wildman–Crippen LogP) is 3.49. The second kappa shape index (κ2) is 5.49. The van der Waals surface area contributed by atoms with Gasteiger partial charge in [0.1, 0.15) is 5.82 Å². The minimum Gasteiger partial charge on any atom is -0.311 e. The van der Waals surface area contributed by atoms with Gasteiger partial charge in [-0.2, -0.15) is 5.10 Å². The first kappa shape index (κ1) is 12.9. The largest absolute Gasteiger partial charge is 0.311 e. The molecule has 0 unspecified atom stereocenters. The van der Waals surface area contributed by atoms with Crippen molar-refractivity contribution < 1.29 is 4.79 Å². The van der Waals surface area contributed by atoms with E-state index in [1.54, 1.807) is 0 Å². The van der Waals surface area contributed by atoms with Crippen LogP contribution >= 0.6 is 0 Å². The highest BCUT2D eigenvalue weighted by Gasteiger charge is 2.27. The first-order chi connectivity index (χ1) is 9.78. The third-order valence-corrected chi connectivity index (χ3v) is 3.47. The van der Waals surface area contributed by atoms with E-state index < -0.39 is 0 Å². The smallest absolute Gasteiger partial charge is 0.225 e. The number of para-hydroxylation sites is 1. The van der Waals surface area contributed by atoms with Gasteiger partial charge in [-0.1, -0.05) is 25.1 Å². The lowest BCUT2D eigenvalue weighted by molar-refractivity contribution is -0.116. The highest BCUT2D eigenvalue weighted by Crippen LogP contribution is 2.40. The number of carbonyl (C=O) groups excluding carboxylic acids is 1. The van der Waals surface area contributed by atoms with E-state index in [1.807, 2.05) is 48.0 Å². The van der Waals surface area contributed by atoms with Gasteiger partial charge >= 0.3 is 0 Å². The SMILES string of the molecule is CCCC(=O)Nc1cc(C2CC2)nn1-c1ccccc1. The van der Waals surface area contributed by atoms with Crippen molar-refractivity contribution in [1.82, 2.24) is 9.78 Å².